The maximum absolute atomic E-state index is 12.1. The van der Waals surface area contributed by atoms with Crippen LogP contribution >= 0.6 is 22.7 Å². The monoisotopic (exact) mass is 708 g/mol. The minimum absolute atomic E-state index is 0.00460. The van der Waals surface area contributed by atoms with Crippen LogP contribution in [0.15, 0.2) is 70.0 Å². The van der Waals surface area contributed by atoms with Gasteiger partial charge in [0.2, 0.25) is 5.89 Å². The van der Waals surface area contributed by atoms with Crippen molar-refractivity contribution in [2.24, 2.45) is 5.92 Å². The van der Waals surface area contributed by atoms with Crippen LogP contribution in [-0.4, -0.2) is 68.4 Å². The second-order valence-electron chi connectivity index (χ2n) is 12.4. The van der Waals surface area contributed by atoms with Gasteiger partial charge in [-0.1, -0.05) is 67.0 Å². The highest BCUT2D eigenvalue weighted by Crippen LogP contribution is 2.43. The number of fused-ring (bicyclic) bond motifs is 1. The number of H-pyrrole nitrogens is 1. The number of nitrogens with zero attached hydrogens (tertiary/aromatic N) is 2. The number of benzene rings is 2. The van der Waals surface area contributed by atoms with Crippen molar-refractivity contribution in [1.29, 1.82) is 0 Å². The summed E-state index contributed by atoms with van der Waals surface area (Å²) in [5.74, 6) is 1.29. The van der Waals surface area contributed by atoms with Crippen LogP contribution in [0.1, 0.15) is 70.7 Å². The highest BCUT2D eigenvalue weighted by atomic mass is 32.1. The number of hydrogen-bond acceptors (Lipinski definition) is 11. The summed E-state index contributed by atoms with van der Waals surface area (Å²) in [6.45, 7) is 2.43. The van der Waals surface area contributed by atoms with Crippen LogP contribution in [0.5, 0.6) is 5.75 Å². The maximum atomic E-state index is 12.1. The number of aromatic nitrogens is 2. The van der Waals surface area contributed by atoms with E-state index in [1.165, 1.54) is 22.2 Å². The number of phenols is 1. The van der Waals surface area contributed by atoms with E-state index >= 15 is 0 Å². The Labute approximate surface area is 292 Å². The lowest BCUT2D eigenvalue weighted by Gasteiger charge is -2.36. The molecule has 0 spiro atoms. The summed E-state index contributed by atoms with van der Waals surface area (Å²) >= 11 is 2.78. The van der Waals surface area contributed by atoms with Crippen LogP contribution in [0, 0.1) is 5.92 Å². The molecule has 3 aromatic heterocycles. The summed E-state index contributed by atoms with van der Waals surface area (Å²) in [5.41, 5.74) is 0.636. The van der Waals surface area contributed by atoms with Gasteiger partial charge < -0.3 is 40.0 Å². The number of thiophene rings is 1. The van der Waals surface area contributed by atoms with Gasteiger partial charge in [0.05, 0.1) is 17.0 Å². The molecular formula is C36H44N4O7S2. The third-order valence-corrected chi connectivity index (χ3v) is 11.1. The van der Waals surface area contributed by atoms with E-state index in [1.807, 2.05) is 30.3 Å². The molecule has 5 aromatic rings. The largest absolute Gasteiger partial charge is 0.506 e. The Morgan fingerprint density at radius 1 is 1.08 bits per heavy atom. The molecule has 1 fully saturated rings. The van der Waals surface area contributed by atoms with Crippen molar-refractivity contribution in [3.05, 3.63) is 103 Å². The molecule has 49 heavy (non-hydrogen) atoms. The molecule has 3 heterocycles. The molecule has 2 atom stereocenters. The van der Waals surface area contributed by atoms with E-state index in [9.17, 15) is 20.1 Å². The van der Waals surface area contributed by atoms with Gasteiger partial charge in [-0.05, 0) is 50.1 Å². The molecular weight excluding hydrogens is 665 g/mol. The van der Waals surface area contributed by atoms with Crippen LogP contribution in [0.25, 0.3) is 10.2 Å². The standard InChI is InChI=1S/C35H42N4O5S2.CH2O2/c1-39(19-17-25-20-37-33(44-25)35(43,23-8-4-2-5-9-23)24-10-6-3-7-11-24)22-27-13-12-26(45-27)16-18-36-21-30(41)28-14-15-29(40)31-32(28)46-34(42)38-31;2-1-3/h2,4-5,8-9,12-15,20,24,30,36,40-41,43H,3,6-7,10-11,16-19,21-22H2,1H3,(H,38,42);1H,(H,2,3)/t30-,35-;/m0./s1. The molecule has 0 saturated heterocycles. The third-order valence-electron chi connectivity index (χ3n) is 9.01. The zero-order valence-electron chi connectivity index (χ0n) is 27.5. The second kappa shape index (κ2) is 17.2. The van der Waals surface area contributed by atoms with Gasteiger partial charge in [0.15, 0.2) is 5.60 Å². The first-order chi connectivity index (χ1) is 23.7. The van der Waals surface area contributed by atoms with Crippen LogP contribution in [0.2, 0.25) is 0 Å². The summed E-state index contributed by atoms with van der Waals surface area (Å²) < 4.78 is 6.84. The van der Waals surface area contributed by atoms with Gasteiger partial charge in [0.25, 0.3) is 6.47 Å². The lowest BCUT2D eigenvalue weighted by Crippen LogP contribution is -2.38. The Hall–Kier alpha value is -3.85. The quantitative estimate of drug-likeness (QED) is 0.0648. The fourth-order valence-electron chi connectivity index (χ4n) is 6.50. The minimum Gasteiger partial charge on any atom is -0.506 e. The number of thiazole rings is 1. The second-order valence-corrected chi connectivity index (χ2v) is 14.7. The summed E-state index contributed by atoms with van der Waals surface area (Å²) in [5, 5.41) is 43.0. The molecule has 0 bridgehead atoms. The van der Waals surface area contributed by atoms with Gasteiger partial charge in [0.1, 0.15) is 17.0 Å². The van der Waals surface area contributed by atoms with E-state index in [2.05, 4.69) is 39.4 Å². The van der Waals surface area contributed by atoms with Gasteiger partial charge >= 0.3 is 4.87 Å². The topological polar surface area (TPSA) is 172 Å². The number of rotatable bonds is 14. The fourth-order valence-corrected chi connectivity index (χ4v) is 8.51. The minimum atomic E-state index is -1.21. The number of nitrogens with one attached hydrogen (secondary N) is 2. The number of aromatic hydroxyl groups is 1. The van der Waals surface area contributed by atoms with E-state index in [1.54, 1.807) is 23.6 Å². The molecule has 0 aliphatic heterocycles. The van der Waals surface area contributed by atoms with Crippen molar-refractivity contribution in [3.63, 3.8) is 0 Å². The van der Waals surface area contributed by atoms with E-state index in [4.69, 9.17) is 14.3 Å². The van der Waals surface area contributed by atoms with E-state index in [-0.39, 0.29) is 23.0 Å². The van der Waals surface area contributed by atoms with Gasteiger partial charge in [-0.15, -0.1) is 11.3 Å². The van der Waals surface area contributed by atoms with E-state index < -0.39 is 11.7 Å². The average Bonchev–Trinajstić information content (AvgIpc) is 3.87. The number of oxazole rings is 1. The number of phenolic OH excluding ortho intramolecular Hbond substituents is 1. The Balaban J connectivity index is 0.00000151. The first-order valence-corrected chi connectivity index (χ1v) is 18.2. The number of aliphatic hydroxyl groups is 2. The number of carboxylic acid groups (broad SMARTS) is 1. The first-order valence-electron chi connectivity index (χ1n) is 16.5. The lowest BCUT2D eigenvalue weighted by atomic mass is 9.73. The molecule has 262 valence electrons. The van der Waals surface area contributed by atoms with Crippen molar-refractivity contribution in [2.45, 2.75) is 63.2 Å². The Kier molecular flexibility index (Phi) is 12.8. The molecule has 1 saturated carbocycles. The molecule has 0 unspecified atom stereocenters. The van der Waals surface area contributed by atoms with Crippen LogP contribution < -0.4 is 10.2 Å². The van der Waals surface area contributed by atoms with E-state index in [0.29, 0.717) is 41.2 Å². The SMILES string of the molecule is CN(CCc1cnc([C@](O)(c2ccccc2)C2CCCCC2)o1)Cc1ccc(CCNC[C@H](O)c2ccc(O)c3[nH]c(=O)sc23)s1.O=CO. The molecule has 0 radical (unpaired) electrons. The van der Waals surface area contributed by atoms with Gasteiger partial charge in [-0.25, -0.2) is 4.98 Å². The van der Waals surface area contributed by atoms with Crippen molar-refractivity contribution >= 4 is 39.4 Å². The van der Waals surface area contributed by atoms with Gasteiger partial charge in [-0.2, -0.15) is 0 Å². The highest BCUT2D eigenvalue weighted by Gasteiger charge is 2.44. The summed E-state index contributed by atoms with van der Waals surface area (Å²) in [7, 11) is 2.10. The molecule has 0 amide bonds. The predicted octanol–water partition coefficient (Wildman–Crippen LogP) is 5.40. The predicted molar refractivity (Wildman–Crippen MR) is 191 cm³/mol. The fraction of sp³-hybridized carbons (Fsp3) is 0.417. The number of hydrogen-bond donors (Lipinski definition) is 6. The smallest absolute Gasteiger partial charge is 0.305 e. The molecule has 11 nitrogen and oxygen atoms in total. The zero-order chi connectivity index (χ0) is 34.8. The summed E-state index contributed by atoms with van der Waals surface area (Å²) in [4.78, 5) is 31.9. The van der Waals surface area contributed by atoms with Crippen molar-refractivity contribution in [3.8, 4) is 5.75 Å². The van der Waals surface area contributed by atoms with Crippen molar-refractivity contribution < 1.29 is 29.6 Å². The molecule has 2 aromatic carbocycles. The first kappa shape index (κ1) is 36.4. The molecule has 1 aliphatic carbocycles. The lowest BCUT2D eigenvalue weighted by molar-refractivity contribution is -0.122. The zero-order valence-corrected chi connectivity index (χ0v) is 29.1. The average molecular weight is 709 g/mol. The number of carbonyl (C=O) groups is 1. The summed E-state index contributed by atoms with van der Waals surface area (Å²) in [6, 6.07) is 17.3. The van der Waals surface area contributed by atoms with E-state index in [0.717, 1.165) is 67.9 Å². The molecule has 1 aliphatic rings. The molecule has 6 N–H and O–H groups in total. The third kappa shape index (κ3) is 9.04. The Morgan fingerprint density at radius 3 is 2.57 bits per heavy atom. The number of likely N-dealkylation sites (N-methyl/N-ethyl adjacent to an activating group) is 1. The number of aliphatic hydroxyl groups excluding tert-OH is 1. The van der Waals surface area contributed by atoms with Crippen LogP contribution in [-0.2, 0) is 29.8 Å². The van der Waals surface area contributed by atoms with Crippen LogP contribution in [0.4, 0.5) is 0 Å². The maximum Gasteiger partial charge on any atom is 0.305 e. The van der Waals surface area contributed by atoms with Crippen molar-refractivity contribution in [2.75, 3.05) is 26.7 Å². The van der Waals surface area contributed by atoms with Crippen molar-refractivity contribution in [1.82, 2.24) is 20.2 Å². The van der Waals surface area contributed by atoms with Gasteiger partial charge in [0, 0.05) is 53.8 Å². The normalized spacial score (nSPS) is 15.5. The molecule has 6 rings (SSSR count). The number of aromatic amines is 1. The van der Waals surface area contributed by atoms with Gasteiger partial charge in [-0.3, -0.25) is 9.59 Å². The Bertz CT molecular complexity index is 1830. The molecule has 13 heteroatoms. The summed E-state index contributed by atoms with van der Waals surface area (Å²) in [6.07, 6.45) is 7.91. The highest BCUT2D eigenvalue weighted by molar-refractivity contribution is 7.16. The Morgan fingerprint density at radius 2 is 1.82 bits per heavy atom. The van der Waals surface area contributed by atoms with Crippen LogP contribution in [0.3, 0.4) is 0 Å².